The molecule has 0 saturated heterocycles. The first-order valence-electron chi connectivity index (χ1n) is 11.9. The number of hydrogen-bond donors (Lipinski definition) is 1. The largest absolute Gasteiger partial charge is 0.490 e. The van der Waals surface area contributed by atoms with Crippen LogP contribution in [-0.2, 0) is 11.4 Å². The summed E-state index contributed by atoms with van der Waals surface area (Å²) in [4.78, 5) is 12.6. The highest BCUT2D eigenvalue weighted by molar-refractivity contribution is 7.15. The SMILES string of the molecule is Cc1ccc(C)c(OCCOc2ccc(C=C(C#N)C(=O)Nc3nnc(COc4ccccc4)s3)cc2)c1. The fourth-order valence-corrected chi connectivity index (χ4v) is 3.99. The Kier molecular flexibility index (Phi) is 9.05. The molecule has 38 heavy (non-hydrogen) atoms. The van der Waals surface area contributed by atoms with E-state index in [2.05, 4.69) is 15.5 Å². The van der Waals surface area contributed by atoms with Gasteiger partial charge in [0.15, 0.2) is 5.01 Å². The molecule has 0 saturated carbocycles. The van der Waals surface area contributed by atoms with Crippen molar-refractivity contribution in [1.82, 2.24) is 10.2 Å². The Hall–Kier alpha value is -4.68. The number of carbonyl (C=O) groups is 1. The lowest BCUT2D eigenvalue weighted by Gasteiger charge is -2.11. The smallest absolute Gasteiger partial charge is 0.268 e. The number of ether oxygens (including phenoxy) is 3. The zero-order valence-electron chi connectivity index (χ0n) is 21.0. The third-order valence-electron chi connectivity index (χ3n) is 5.30. The summed E-state index contributed by atoms with van der Waals surface area (Å²) in [6, 6.07) is 24.5. The standard InChI is InChI=1S/C29H26N4O4S/c1-20-8-9-21(2)26(16-20)36-15-14-35-25-12-10-22(11-13-25)17-23(18-30)28(34)31-29-33-32-27(38-29)19-37-24-6-4-3-5-7-24/h3-13,16-17H,14-15,19H2,1-2H3,(H,31,33,34). The maximum atomic E-state index is 12.6. The second-order valence-electron chi connectivity index (χ2n) is 8.26. The molecule has 4 rings (SSSR count). The molecule has 3 aromatic carbocycles. The molecule has 192 valence electrons. The fourth-order valence-electron chi connectivity index (χ4n) is 3.34. The second-order valence-corrected chi connectivity index (χ2v) is 9.32. The van der Waals surface area contributed by atoms with Crippen molar-refractivity contribution in [2.24, 2.45) is 0 Å². The number of benzene rings is 3. The van der Waals surface area contributed by atoms with Gasteiger partial charge >= 0.3 is 0 Å². The molecule has 0 aliphatic rings. The quantitative estimate of drug-likeness (QED) is 0.151. The maximum absolute atomic E-state index is 12.6. The summed E-state index contributed by atoms with van der Waals surface area (Å²) in [5, 5.41) is 21.0. The van der Waals surface area contributed by atoms with Crippen molar-refractivity contribution in [1.29, 1.82) is 5.26 Å². The summed E-state index contributed by atoms with van der Waals surface area (Å²) in [5.41, 5.74) is 2.84. The third-order valence-corrected chi connectivity index (χ3v) is 6.11. The van der Waals surface area contributed by atoms with Gasteiger partial charge in [-0.3, -0.25) is 10.1 Å². The number of nitriles is 1. The van der Waals surface area contributed by atoms with Gasteiger partial charge in [-0.15, -0.1) is 10.2 Å². The lowest BCUT2D eigenvalue weighted by Crippen LogP contribution is -2.13. The van der Waals surface area contributed by atoms with Gasteiger partial charge in [-0.2, -0.15) is 5.26 Å². The Balaban J connectivity index is 1.26. The Bertz CT molecular complexity index is 1440. The van der Waals surface area contributed by atoms with E-state index in [1.807, 2.05) is 68.4 Å². The van der Waals surface area contributed by atoms with Gasteiger partial charge in [-0.1, -0.05) is 53.8 Å². The molecule has 0 bridgehead atoms. The Morgan fingerprint density at radius 2 is 1.68 bits per heavy atom. The number of amides is 1. The molecule has 1 heterocycles. The van der Waals surface area contributed by atoms with E-state index in [1.165, 1.54) is 17.4 Å². The topological polar surface area (TPSA) is 106 Å². The van der Waals surface area contributed by atoms with Crippen LogP contribution in [0.4, 0.5) is 5.13 Å². The monoisotopic (exact) mass is 526 g/mol. The zero-order chi connectivity index (χ0) is 26.7. The molecule has 4 aromatic rings. The van der Waals surface area contributed by atoms with E-state index >= 15 is 0 Å². The number of carbonyl (C=O) groups excluding carboxylic acids is 1. The number of para-hydroxylation sites is 1. The molecule has 1 amide bonds. The molecule has 0 radical (unpaired) electrons. The number of aryl methyl sites for hydroxylation is 2. The molecule has 0 aliphatic heterocycles. The molecule has 0 atom stereocenters. The van der Waals surface area contributed by atoms with E-state index in [0.29, 0.717) is 35.3 Å². The second kappa shape index (κ2) is 13.0. The Morgan fingerprint density at radius 3 is 2.45 bits per heavy atom. The molecule has 0 fully saturated rings. The lowest BCUT2D eigenvalue weighted by molar-refractivity contribution is -0.112. The van der Waals surface area contributed by atoms with E-state index in [4.69, 9.17) is 14.2 Å². The van der Waals surface area contributed by atoms with Crippen LogP contribution in [-0.4, -0.2) is 29.3 Å². The number of nitrogens with one attached hydrogen (secondary N) is 1. The average molecular weight is 527 g/mol. The van der Waals surface area contributed by atoms with Gasteiger partial charge in [0.1, 0.15) is 48.7 Å². The highest BCUT2D eigenvalue weighted by atomic mass is 32.1. The van der Waals surface area contributed by atoms with Crippen molar-refractivity contribution >= 4 is 28.5 Å². The molecule has 8 nitrogen and oxygen atoms in total. The predicted molar refractivity (Wildman–Crippen MR) is 146 cm³/mol. The molecule has 0 spiro atoms. The van der Waals surface area contributed by atoms with Crippen LogP contribution in [0.25, 0.3) is 6.08 Å². The van der Waals surface area contributed by atoms with Crippen LogP contribution in [0.5, 0.6) is 17.2 Å². The first kappa shape index (κ1) is 26.4. The number of hydrogen-bond acceptors (Lipinski definition) is 8. The Labute approximate surface area is 225 Å². The minimum atomic E-state index is -0.567. The van der Waals surface area contributed by atoms with Crippen molar-refractivity contribution in [3.63, 3.8) is 0 Å². The highest BCUT2D eigenvalue weighted by Crippen LogP contribution is 2.21. The normalized spacial score (nSPS) is 10.9. The summed E-state index contributed by atoms with van der Waals surface area (Å²) >= 11 is 1.18. The van der Waals surface area contributed by atoms with E-state index < -0.39 is 5.91 Å². The van der Waals surface area contributed by atoms with Crippen LogP contribution in [0.2, 0.25) is 0 Å². The van der Waals surface area contributed by atoms with E-state index in [1.54, 1.807) is 24.3 Å². The van der Waals surface area contributed by atoms with E-state index in [9.17, 15) is 10.1 Å². The minimum Gasteiger partial charge on any atom is -0.490 e. The van der Waals surface area contributed by atoms with Gasteiger partial charge in [0.05, 0.1) is 0 Å². The molecule has 0 unspecified atom stereocenters. The molecule has 1 aromatic heterocycles. The number of anilines is 1. The van der Waals surface area contributed by atoms with Crippen molar-refractivity contribution in [2.75, 3.05) is 18.5 Å². The van der Waals surface area contributed by atoms with E-state index in [-0.39, 0.29) is 17.3 Å². The molecule has 0 aliphatic carbocycles. The summed E-state index contributed by atoms with van der Waals surface area (Å²) in [6.07, 6.45) is 1.50. The van der Waals surface area contributed by atoms with Gasteiger partial charge in [0.25, 0.3) is 5.91 Å². The maximum Gasteiger partial charge on any atom is 0.268 e. The zero-order valence-corrected chi connectivity index (χ0v) is 21.8. The van der Waals surface area contributed by atoms with Crippen molar-refractivity contribution in [3.8, 4) is 23.3 Å². The van der Waals surface area contributed by atoms with Crippen molar-refractivity contribution in [3.05, 3.63) is 100 Å². The van der Waals surface area contributed by atoms with Crippen LogP contribution < -0.4 is 19.5 Å². The van der Waals surface area contributed by atoms with Crippen LogP contribution in [0.3, 0.4) is 0 Å². The van der Waals surface area contributed by atoms with Gasteiger partial charge in [-0.05, 0) is 66.9 Å². The average Bonchev–Trinajstić information content (AvgIpc) is 3.38. The van der Waals surface area contributed by atoms with Crippen LogP contribution >= 0.6 is 11.3 Å². The van der Waals surface area contributed by atoms with E-state index in [0.717, 1.165) is 16.9 Å². The molecular weight excluding hydrogens is 500 g/mol. The summed E-state index contributed by atoms with van der Waals surface area (Å²) in [6.45, 7) is 5.05. The Morgan fingerprint density at radius 1 is 0.947 bits per heavy atom. The van der Waals surface area contributed by atoms with Gasteiger partial charge in [0, 0.05) is 0 Å². The number of aromatic nitrogens is 2. The number of rotatable bonds is 11. The molecule has 1 N–H and O–H groups in total. The van der Waals surface area contributed by atoms with Gasteiger partial charge in [0.2, 0.25) is 5.13 Å². The van der Waals surface area contributed by atoms with Gasteiger partial charge in [-0.25, -0.2) is 0 Å². The first-order chi connectivity index (χ1) is 18.5. The molecular formula is C29H26N4O4S. The highest BCUT2D eigenvalue weighted by Gasteiger charge is 2.13. The lowest BCUT2D eigenvalue weighted by atomic mass is 10.1. The van der Waals surface area contributed by atoms with Crippen LogP contribution in [0, 0.1) is 25.2 Å². The van der Waals surface area contributed by atoms with Crippen molar-refractivity contribution < 1.29 is 19.0 Å². The minimum absolute atomic E-state index is 0.0575. The molecule has 9 heteroatoms. The fraction of sp³-hybridized carbons (Fsp3) is 0.172. The van der Waals surface area contributed by atoms with Crippen molar-refractivity contribution in [2.45, 2.75) is 20.5 Å². The summed E-state index contributed by atoms with van der Waals surface area (Å²) in [5.74, 6) is 1.66. The first-order valence-corrected chi connectivity index (χ1v) is 12.7. The van der Waals surface area contributed by atoms with Crippen LogP contribution in [0.15, 0.2) is 78.4 Å². The summed E-state index contributed by atoms with van der Waals surface area (Å²) < 4.78 is 17.2. The van der Waals surface area contributed by atoms with Gasteiger partial charge < -0.3 is 14.2 Å². The number of nitrogens with zero attached hydrogens (tertiary/aromatic N) is 3. The van der Waals surface area contributed by atoms with Crippen LogP contribution in [0.1, 0.15) is 21.7 Å². The third kappa shape index (κ3) is 7.66. The predicted octanol–water partition coefficient (Wildman–Crippen LogP) is 5.74. The summed E-state index contributed by atoms with van der Waals surface area (Å²) in [7, 11) is 0.